The van der Waals surface area contributed by atoms with Crippen LogP contribution in [-0.4, -0.2) is 6.54 Å². The molecule has 0 aromatic heterocycles. The number of alkyl halides is 3. The van der Waals surface area contributed by atoms with Crippen molar-refractivity contribution in [3.63, 3.8) is 0 Å². The maximum absolute atomic E-state index is 12.6. The molecule has 0 aliphatic carbocycles. The van der Waals surface area contributed by atoms with Crippen LogP contribution in [-0.2, 0) is 6.18 Å². The van der Waals surface area contributed by atoms with Crippen LogP contribution in [0, 0.1) is 0 Å². The molecule has 0 aliphatic rings. The first-order chi connectivity index (χ1) is 7.32. The van der Waals surface area contributed by atoms with Gasteiger partial charge in [0.15, 0.2) is 0 Å². The van der Waals surface area contributed by atoms with Crippen LogP contribution in [0.1, 0.15) is 5.56 Å². The van der Waals surface area contributed by atoms with E-state index in [4.69, 9.17) is 11.6 Å². The lowest BCUT2D eigenvalue weighted by Crippen LogP contribution is -2.12. The average Bonchev–Trinajstić information content (AvgIpc) is 2.13. The minimum absolute atomic E-state index is 0.0311. The van der Waals surface area contributed by atoms with Gasteiger partial charge in [0.05, 0.1) is 16.3 Å². The van der Waals surface area contributed by atoms with E-state index in [-0.39, 0.29) is 17.3 Å². The monoisotopic (exact) mass is 313 g/mol. The Morgan fingerprint density at radius 3 is 2.56 bits per heavy atom. The second kappa shape index (κ2) is 5.10. The Balaban J connectivity index is 3.09. The molecular formula is C10H8BrClF3N. The molecule has 0 heterocycles. The summed E-state index contributed by atoms with van der Waals surface area (Å²) in [5, 5.41) is 2.62. The van der Waals surface area contributed by atoms with E-state index in [0.717, 1.165) is 6.07 Å². The fourth-order valence-corrected chi connectivity index (χ4v) is 1.51. The molecule has 88 valence electrons. The van der Waals surface area contributed by atoms with E-state index in [2.05, 4.69) is 27.8 Å². The fourth-order valence-electron chi connectivity index (χ4n) is 1.12. The quantitative estimate of drug-likeness (QED) is 0.854. The van der Waals surface area contributed by atoms with Gasteiger partial charge in [-0.2, -0.15) is 13.2 Å². The third kappa shape index (κ3) is 3.42. The van der Waals surface area contributed by atoms with E-state index in [1.807, 2.05) is 0 Å². The van der Waals surface area contributed by atoms with Gasteiger partial charge in [-0.3, -0.25) is 0 Å². The minimum atomic E-state index is -4.43. The highest BCUT2D eigenvalue weighted by Gasteiger charge is 2.34. The molecule has 0 atom stereocenters. The van der Waals surface area contributed by atoms with Gasteiger partial charge in [0.25, 0.3) is 0 Å². The van der Waals surface area contributed by atoms with Gasteiger partial charge in [-0.15, -0.1) is 0 Å². The summed E-state index contributed by atoms with van der Waals surface area (Å²) in [7, 11) is 0. The smallest absolute Gasteiger partial charge is 0.379 e. The van der Waals surface area contributed by atoms with Crippen molar-refractivity contribution in [3.8, 4) is 0 Å². The van der Waals surface area contributed by atoms with E-state index in [0.29, 0.717) is 4.48 Å². The highest BCUT2D eigenvalue weighted by molar-refractivity contribution is 9.11. The highest BCUT2D eigenvalue weighted by atomic mass is 79.9. The van der Waals surface area contributed by atoms with Crippen molar-refractivity contribution < 1.29 is 13.2 Å². The lowest BCUT2D eigenvalue weighted by atomic mass is 10.1. The predicted octanol–water partition coefficient (Wildman–Crippen LogP) is 4.68. The Hall–Kier alpha value is -0.680. The van der Waals surface area contributed by atoms with Gasteiger partial charge in [-0.25, -0.2) is 0 Å². The van der Waals surface area contributed by atoms with Gasteiger partial charge >= 0.3 is 6.18 Å². The fraction of sp³-hybridized carbons (Fsp3) is 0.200. The second-order valence-electron chi connectivity index (χ2n) is 3.03. The van der Waals surface area contributed by atoms with Crippen LogP contribution in [0.5, 0.6) is 0 Å². The van der Waals surface area contributed by atoms with Crippen molar-refractivity contribution in [2.75, 3.05) is 11.9 Å². The Kier molecular flexibility index (Phi) is 4.27. The van der Waals surface area contributed by atoms with Crippen molar-refractivity contribution >= 4 is 33.2 Å². The molecule has 16 heavy (non-hydrogen) atoms. The molecule has 0 aliphatic heterocycles. The largest absolute Gasteiger partial charge is 0.418 e. The number of hydrogen-bond acceptors (Lipinski definition) is 1. The molecule has 6 heteroatoms. The summed E-state index contributed by atoms with van der Waals surface area (Å²) in [5.74, 6) is 0. The summed E-state index contributed by atoms with van der Waals surface area (Å²) in [5.41, 5.74) is -0.911. The van der Waals surface area contributed by atoms with Crippen molar-refractivity contribution in [2.24, 2.45) is 0 Å². The predicted molar refractivity (Wildman–Crippen MR) is 63.0 cm³/mol. The van der Waals surface area contributed by atoms with E-state index >= 15 is 0 Å². The summed E-state index contributed by atoms with van der Waals surface area (Å²) in [6.45, 7) is 3.69. The van der Waals surface area contributed by atoms with Crippen molar-refractivity contribution in [1.82, 2.24) is 0 Å². The zero-order chi connectivity index (χ0) is 12.3. The molecule has 1 aromatic carbocycles. The van der Waals surface area contributed by atoms with Gasteiger partial charge in [0, 0.05) is 11.0 Å². The number of nitrogens with one attached hydrogen (secondary N) is 1. The number of hydrogen-bond donors (Lipinski definition) is 1. The average molecular weight is 315 g/mol. The molecule has 1 aromatic rings. The van der Waals surface area contributed by atoms with Gasteiger partial charge in [-0.05, 0) is 12.1 Å². The lowest BCUT2D eigenvalue weighted by Gasteiger charge is -2.15. The molecule has 1 N–H and O–H groups in total. The Morgan fingerprint density at radius 2 is 2.06 bits per heavy atom. The van der Waals surface area contributed by atoms with Gasteiger partial charge in [-0.1, -0.05) is 40.2 Å². The molecule has 0 bridgehead atoms. The van der Waals surface area contributed by atoms with Crippen LogP contribution < -0.4 is 5.32 Å². The molecule has 0 radical (unpaired) electrons. The number of halogens is 5. The zero-order valence-corrected chi connectivity index (χ0v) is 10.4. The summed E-state index contributed by atoms with van der Waals surface area (Å²) in [6, 6.07) is 3.64. The molecule has 0 saturated carbocycles. The zero-order valence-electron chi connectivity index (χ0n) is 8.04. The number of anilines is 1. The van der Waals surface area contributed by atoms with Crippen LogP contribution in [0.3, 0.4) is 0 Å². The van der Waals surface area contributed by atoms with Crippen molar-refractivity contribution in [1.29, 1.82) is 0 Å². The Morgan fingerprint density at radius 1 is 1.44 bits per heavy atom. The standard InChI is InChI=1S/C10H8BrClF3N/c1-6(11)5-16-9-7(10(13,14)15)3-2-4-8(9)12/h2-4,16H,1,5H2. The maximum Gasteiger partial charge on any atom is 0.418 e. The molecule has 1 nitrogen and oxygen atoms in total. The van der Waals surface area contributed by atoms with E-state index < -0.39 is 11.7 Å². The first-order valence-electron chi connectivity index (χ1n) is 4.25. The lowest BCUT2D eigenvalue weighted by molar-refractivity contribution is -0.136. The molecule has 0 saturated heterocycles. The van der Waals surface area contributed by atoms with Gasteiger partial charge in [0.2, 0.25) is 0 Å². The van der Waals surface area contributed by atoms with Crippen LogP contribution in [0.2, 0.25) is 5.02 Å². The minimum Gasteiger partial charge on any atom is -0.379 e. The summed E-state index contributed by atoms with van der Waals surface area (Å²) < 4.78 is 38.4. The molecule has 1 rings (SSSR count). The normalized spacial score (nSPS) is 11.3. The highest BCUT2D eigenvalue weighted by Crippen LogP contribution is 2.38. The number of rotatable bonds is 3. The second-order valence-corrected chi connectivity index (χ2v) is 4.56. The maximum atomic E-state index is 12.6. The van der Waals surface area contributed by atoms with Crippen LogP contribution in [0.25, 0.3) is 0 Å². The first-order valence-corrected chi connectivity index (χ1v) is 5.42. The number of para-hydroxylation sites is 1. The molecule has 0 spiro atoms. The third-order valence-corrected chi connectivity index (χ3v) is 2.37. The molecule has 0 unspecified atom stereocenters. The van der Waals surface area contributed by atoms with Gasteiger partial charge < -0.3 is 5.32 Å². The van der Waals surface area contributed by atoms with Crippen LogP contribution in [0.4, 0.5) is 18.9 Å². The third-order valence-electron chi connectivity index (χ3n) is 1.78. The summed E-state index contributed by atoms with van der Waals surface area (Å²) >= 11 is 8.76. The van der Waals surface area contributed by atoms with Crippen LogP contribution in [0.15, 0.2) is 29.3 Å². The molecule has 0 fully saturated rings. The topological polar surface area (TPSA) is 12.0 Å². The van der Waals surface area contributed by atoms with Crippen LogP contribution >= 0.6 is 27.5 Å². The first kappa shape index (κ1) is 13.4. The summed E-state index contributed by atoms with van der Waals surface area (Å²) in [6.07, 6.45) is -4.43. The molecule has 0 amide bonds. The SMILES string of the molecule is C=C(Br)CNc1c(Cl)cccc1C(F)(F)F. The van der Waals surface area contributed by atoms with E-state index in [1.165, 1.54) is 12.1 Å². The van der Waals surface area contributed by atoms with E-state index in [1.54, 1.807) is 0 Å². The Bertz CT molecular complexity index is 404. The summed E-state index contributed by atoms with van der Waals surface area (Å²) in [4.78, 5) is 0. The van der Waals surface area contributed by atoms with E-state index in [9.17, 15) is 13.2 Å². The molecular weight excluding hydrogens is 306 g/mol. The van der Waals surface area contributed by atoms with Gasteiger partial charge in [0.1, 0.15) is 0 Å². The Labute approximate surface area is 104 Å². The van der Waals surface area contributed by atoms with Crippen molar-refractivity contribution in [3.05, 3.63) is 39.8 Å². The van der Waals surface area contributed by atoms with Crippen molar-refractivity contribution in [2.45, 2.75) is 6.18 Å². The number of benzene rings is 1.